The van der Waals surface area contributed by atoms with Gasteiger partial charge in [0.2, 0.25) is 5.91 Å². The first-order valence-corrected chi connectivity index (χ1v) is 8.64. The number of carbonyl (C=O) groups excluding carboxylic acids is 2. The van der Waals surface area contributed by atoms with E-state index >= 15 is 0 Å². The van der Waals surface area contributed by atoms with Crippen LogP contribution in [0.5, 0.6) is 0 Å². The van der Waals surface area contributed by atoms with E-state index in [0.29, 0.717) is 34.9 Å². The lowest BCUT2D eigenvalue weighted by atomic mass is 10.2. The Labute approximate surface area is 156 Å². The molecule has 0 spiro atoms. The Bertz CT molecular complexity index is 872. The Morgan fingerprint density at radius 2 is 1.96 bits per heavy atom. The van der Waals surface area contributed by atoms with Crippen LogP contribution in [0, 0.1) is 19.7 Å². The second kappa shape index (κ2) is 7.33. The number of benzene rings is 2. The van der Waals surface area contributed by atoms with E-state index in [0.717, 1.165) is 5.56 Å². The van der Waals surface area contributed by atoms with E-state index in [1.165, 1.54) is 6.07 Å². The molecule has 0 aliphatic carbocycles. The molecule has 1 atom stereocenters. The van der Waals surface area contributed by atoms with Crippen LogP contribution in [-0.2, 0) is 4.79 Å². The Morgan fingerprint density at radius 3 is 2.69 bits per heavy atom. The van der Waals surface area contributed by atoms with Gasteiger partial charge in [-0.2, -0.15) is 0 Å². The summed E-state index contributed by atoms with van der Waals surface area (Å²) >= 11 is 5.95. The Kier molecular flexibility index (Phi) is 5.13. The molecule has 1 aliphatic rings. The monoisotopic (exact) mass is 375 g/mol. The molecule has 2 aromatic rings. The highest BCUT2D eigenvalue weighted by Gasteiger charge is 2.33. The zero-order chi connectivity index (χ0) is 18.8. The summed E-state index contributed by atoms with van der Waals surface area (Å²) in [6.07, 6.45) is 0.483. The summed E-state index contributed by atoms with van der Waals surface area (Å²) in [5.41, 5.74) is 2.56. The molecule has 3 rings (SSSR count). The molecule has 0 radical (unpaired) electrons. The standard InChI is InChI=1S/C19H19ClFN3O2/c1-11-3-4-13(20)10-17(11)23-19(26)22-16-7-8-24(18(16)25)14-5-6-15(21)12(2)9-14/h3-6,9-10,16H,7-8H2,1-2H3,(H2,22,23,26). The van der Waals surface area contributed by atoms with Crippen molar-refractivity contribution >= 4 is 34.9 Å². The van der Waals surface area contributed by atoms with Crippen LogP contribution in [-0.4, -0.2) is 24.5 Å². The summed E-state index contributed by atoms with van der Waals surface area (Å²) in [5, 5.41) is 5.92. The number of carbonyl (C=O) groups is 2. The zero-order valence-electron chi connectivity index (χ0n) is 14.5. The second-order valence-corrected chi connectivity index (χ2v) is 6.76. The molecule has 0 bridgehead atoms. The van der Waals surface area contributed by atoms with Gasteiger partial charge in [0, 0.05) is 22.9 Å². The third kappa shape index (κ3) is 3.80. The number of amides is 3. The molecule has 1 fully saturated rings. The summed E-state index contributed by atoms with van der Waals surface area (Å²) < 4.78 is 13.4. The molecule has 0 saturated carbocycles. The van der Waals surface area contributed by atoms with Crippen LogP contribution < -0.4 is 15.5 Å². The van der Waals surface area contributed by atoms with Crippen molar-refractivity contribution in [2.24, 2.45) is 0 Å². The van der Waals surface area contributed by atoms with Gasteiger partial charge in [-0.15, -0.1) is 0 Å². The Morgan fingerprint density at radius 1 is 1.19 bits per heavy atom. The fourth-order valence-corrected chi connectivity index (χ4v) is 3.08. The highest BCUT2D eigenvalue weighted by atomic mass is 35.5. The first-order chi connectivity index (χ1) is 12.3. The minimum Gasteiger partial charge on any atom is -0.326 e. The fraction of sp³-hybridized carbons (Fsp3) is 0.263. The normalized spacial score (nSPS) is 16.7. The summed E-state index contributed by atoms with van der Waals surface area (Å²) in [4.78, 5) is 26.4. The van der Waals surface area contributed by atoms with Crippen molar-refractivity contribution in [1.82, 2.24) is 5.32 Å². The topological polar surface area (TPSA) is 61.4 Å². The number of urea groups is 1. The number of hydrogen-bond acceptors (Lipinski definition) is 2. The maximum atomic E-state index is 13.4. The first kappa shape index (κ1) is 18.2. The van der Waals surface area contributed by atoms with Crippen molar-refractivity contribution in [3.63, 3.8) is 0 Å². The van der Waals surface area contributed by atoms with Gasteiger partial charge >= 0.3 is 6.03 Å². The molecular weight excluding hydrogens is 357 g/mol. The van der Waals surface area contributed by atoms with Crippen molar-refractivity contribution < 1.29 is 14.0 Å². The molecule has 3 amide bonds. The maximum Gasteiger partial charge on any atom is 0.319 e. The van der Waals surface area contributed by atoms with E-state index in [1.54, 1.807) is 42.2 Å². The van der Waals surface area contributed by atoms with Gasteiger partial charge in [-0.1, -0.05) is 17.7 Å². The van der Waals surface area contributed by atoms with Gasteiger partial charge in [0.25, 0.3) is 0 Å². The lowest BCUT2D eigenvalue weighted by molar-refractivity contribution is -0.118. The summed E-state index contributed by atoms with van der Waals surface area (Å²) in [7, 11) is 0. The van der Waals surface area contributed by atoms with E-state index in [2.05, 4.69) is 10.6 Å². The Balaban J connectivity index is 1.65. The molecule has 1 unspecified atom stereocenters. The van der Waals surface area contributed by atoms with Crippen LogP contribution in [0.2, 0.25) is 5.02 Å². The van der Waals surface area contributed by atoms with Crippen molar-refractivity contribution in [1.29, 1.82) is 0 Å². The highest BCUT2D eigenvalue weighted by molar-refractivity contribution is 6.31. The molecular formula is C19H19ClFN3O2. The number of rotatable bonds is 3. The first-order valence-electron chi connectivity index (χ1n) is 8.26. The van der Waals surface area contributed by atoms with Crippen LogP contribution in [0.4, 0.5) is 20.6 Å². The average Bonchev–Trinajstić information content (AvgIpc) is 2.94. The maximum absolute atomic E-state index is 13.4. The molecule has 1 heterocycles. The number of anilines is 2. The molecule has 2 aromatic carbocycles. The second-order valence-electron chi connectivity index (χ2n) is 6.32. The van der Waals surface area contributed by atoms with Gasteiger partial charge in [0.15, 0.2) is 0 Å². The molecule has 136 valence electrons. The summed E-state index contributed by atoms with van der Waals surface area (Å²) in [6, 6.07) is 8.64. The van der Waals surface area contributed by atoms with Gasteiger partial charge in [-0.05, 0) is 61.7 Å². The predicted molar refractivity (Wildman–Crippen MR) is 100 cm³/mol. The predicted octanol–water partition coefficient (Wildman–Crippen LogP) is 4.02. The lowest BCUT2D eigenvalue weighted by Crippen LogP contribution is -2.43. The van der Waals surface area contributed by atoms with Crippen LogP contribution >= 0.6 is 11.6 Å². The summed E-state index contributed by atoms with van der Waals surface area (Å²) in [6.45, 7) is 3.96. The smallest absolute Gasteiger partial charge is 0.319 e. The van der Waals surface area contributed by atoms with E-state index in [9.17, 15) is 14.0 Å². The minimum atomic E-state index is -0.625. The molecule has 0 aromatic heterocycles. The van der Waals surface area contributed by atoms with Crippen LogP contribution in [0.25, 0.3) is 0 Å². The van der Waals surface area contributed by atoms with Crippen molar-refractivity contribution in [3.05, 3.63) is 58.4 Å². The van der Waals surface area contributed by atoms with Gasteiger partial charge in [0.05, 0.1) is 0 Å². The summed E-state index contributed by atoms with van der Waals surface area (Å²) in [5.74, 6) is -0.527. The van der Waals surface area contributed by atoms with Gasteiger partial charge < -0.3 is 15.5 Å². The van der Waals surface area contributed by atoms with Crippen LogP contribution in [0.1, 0.15) is 17.5 Å². The fourth-order valence-electron chi connectivity index (χ4n) is 2.91. The van der Waals surface area contributed by atoms with E-state index in [1.807, 2.05) is 6.92 Å². The average molecular weight is 376 g/mol. The highest BCUT2D eigenvalue weighted by Crippen LogP contribution is 2.24. The lowest BCUT2D eigenvalue weighted by Gasteiger charge is -2.18. The number of nitrogens with zero attached hydrogens (tertiary/aromatic N) is 1. The third-order valence-corrected chi connectivity index (χ3v) is 4.65. The molecule has 26 heavy (non-hydrogen) atoms. The quantitative estimate of drug-likeness (QED) is 0.851. The Hall–Kier alpha value is -2.60. The van der Waals surface area contributed by atoms with Crippen molar-refractivity contribution in [3.8, 4) is 0 Å². The number of halogens is 2. The third-order valence-electron chi connectivity index (χ3n) is 4.41. The largest absolute Gasteiger partial charge is 0.326 e. The minimum absolute atomic E-state index is 0.214. The van der Waals surface area contributed by atoms with E-state index in [-0.39, 0.29) is 11.7 Å². The SMILES string of the molecule is Cc1cc(N2CCC(NC(=O)Nc3cc(Cl)ccc3C)C2=O)ccc1F. The number of hydrogen-bond donors (Lipinski definition) is 2. The number of nitrogens with one attached hydrogen (secondary N) is 2. The molecule has 7 heteroatoms. The molecule has 2 N–H and O–H groups in total. The van der Waals surface area contributed by atoms with Crippen molar-refractivity contribution in [2.75, 3.05) is 16.8 Å². The van der Waals surface area contributed by atoms with Gasteiger partial charge in [-0.3, -0.25) is 4.79 Å². The molecule has 1 aliphatic heterocycles. The van der Waals surface area contributed by atoms with E-state index in [4.69, 9.17) is 11.6 Å². The number of aryl methyl sites for hydroxylation is 2. The van der Waals surface area contributed by atoms with Crippen molar-refractivity contribution in [2.45, 2.75) is 26.3 Å². The van der Waals surface area contributed by atoms with Gasteiger partial charge in [-0.25, -0.2) is 9.18 Å². The zero-order valence-corrected chi connectivity index (χ0v) is 15.2. The van der Waals surface area contributed by atoms with E-state index < -0.39 is 12.1 Å². The van der Waals surface area contributed by atoms with Crippen LogP contribution in [0.3, 0.4) is 0 Å². The van der Waals surface area contributed by atoms with Crippen LogP contribution in [0.15, 0.2) is 36.4 Å². The van der Waals surface area contributed by atoms with Gasteiger partial charge in [0.1, 0.15) is 11.9 Å². The molecule has 5 nitrogen and oxygen atoms in total. The molecule has 1 saturated heterocycles.